The molecule has 0 unspecified atom stereocenters. The number of methoxy groups -OCH3 is 1. The van der Waals surface area contributed by atoms with Crippen molar-refractivity contribution in [2.24, 2.45) is 0 Å². The molecule has 0 saturated carbocycles. The maximum Gasteiger partial charge on any atom is 0.361 e. The van der Waals surface area contributed by atoms with Crippen LogP contribution in [0.1, 0.15) is 24.3 Å². The second-order valence-electron chi connectivity index (χ2n) is 4.32. The van der Waals surface area contributed by atoms with Crippen molar-refractivity contribution in [3.63, 3.8) is 0 Å². The fourth-order valence-electron chi connectivity index (χ4n) is 1.87. The lowest BCUT2D eigenvalue weighted by molar-refractivity contribution is -0.132. The molecule has 1 aromatic heterocycles. The molecule has 8 nitrogen and oxygen atoms in total. The van der Waals surface area contributed by atoms with Crippen molar-refractivity contribution in [2.75, 3.05) is 13.7 Å². The number of rotatable bonds is 5. The zero-order valence-electron chi connectivity index (χ0n) is 12.7. The molecular formula is C14H14ClN3O5. The number of halogens is 1. The minimum atomic E-state index is -0.615. The van der Waals surface area contributed by atoms with Gasteiger partial charge in [0.25, 0.3) is 0 Å². The highest BCUT2D eigenvalue weighted by Gasteiger charge is 2.22. The second-order valence-corrected chi connectivity index (χ2v) is 4.73. The molecule has 0 atom stereocenters. The van der Waals surface area contributed by atoms with Gasteiger partial charge in [0.1, 0.15) is 5.69 Å². The van der Waals surface area contributed by atoms with Gasteiger partial charge in [-0.3, -0.25) is 4.79 Å². The second kappa shape index (κ2) is 7.10. The molecular weight excluding hydrogens is 326 g/mol. The lowest BCUT2D eigenvalue weighted by Crippen LogP contribution is -2.07. The number of hydrogen-bond donors (Lipinski definition) is 1. The zero-order chi connectivity index (χ0) is 17.0. The fourth-order valence-corrected chi connectivity index (χ4v) is 2.12. The number of benzene rings is 1. The summed E-state index contributed by atoms with van der Waals surface area (Å²) in [7, 11) is 1.40. The first kappa shape index (κ1) is 16.8. The first-order valence-electron chi connectivity index (χ1n) is 6.62. The van der Waals surface area contributed by atoms with E-state index >= 15 is 0 Å². The number of nitrogens with one attached hydrogen (secondary N) is 1. The van der Waals surface area contributed by atoms with Crippen LogP contribution in [0.15, 0.2) is 12.1 Å². The number of H-pyrrole nitrogens is 1. The van der Waals surface area contributed by atoms with Crippen LogP contribution in [0.4, 0.5) is 0 Å². The van der Waals surface area contributed by atoms with Gasteiger partial charge in [-0.2, -0.15) is 10.3 Å². The van der Waals surface area contributed by atoms with Gasteiger partial charge in [0.05, 0.1) is 18.7 Å². The monoisotopic (exact) mass is 339 g/mol. The zero-order valence-corrected chi connectivity index (χ0v) is 13.4. The highest BCUT2D eigenvalue weighted by molar-refractivity contribution is 6.32. The van der Waals surface area contributed by atoms with Gasteiger partial charge in [-0.1, -0.05) is 11.6 Å². The summed E-state index contributed by atoms with van der Waals surface area (Å²) in [6.45, 7) is 3.15. The van der Waals surface area contributed by atoms with Gasteiger partial charge in [-0.05, 0) is 19.1 Å². The highest BCUT2D eigenvalue weighted by atomic mass is 35.5. The van der Waals surface area contributed by atoms with Crippen LogP contribution in [0.25, 0.3) is 11.3 Å². The number of nitrogens with zero attached hydrogens (tertiary/aromatic N) is 2. The summed E-state index contributed by atoms with van der Waals surface area (Å²) < 4.78 is 15.1. The summed E-state index contributed by atoms with van der Waals surface area (Å²) in [4.78, 5) is 23.0. The van der Waals surface area contributed by atoms with Crippen molar-refractivity contribution in [1.82, 2.24) is 15.4 Å². The Kier molecular flexibility index (Phi) is 5.17. The average molecular weight is 340 g/mol. The van der Waals surface area contributed by atoms with Crippen LogP contribution in [-0.2, 0) is 9.53 Å². The maximum atomic E-state index is 11.9. The molecule has 0 bridgehead atoms. The van der Waals surface area contributed by atoms with Crippen LogP contribution in [0.2, 0.25) is 5.02 Å². The van der Waals surface area contributed by atoms with Crippen molar-refractivity contribution in [2.45, 2.75) is 13.8 Å². The quantitative estimate of drug-likeness (QED) is 0.658. The lowest BCUT2D eigenvalue weighted by Gasteiger charge is -2.11. The van der Waals surface area contributed by atoms with E-state index in [1.807, 2.05) is 0 Å². The number of aromatic nitrogens is 3. The van der Waals surface area contributed by atoms with Crippen LogP contribution >= 0.6 is 11.6 Å². The molecule has 0 aliphatic heterocycles. The molecule has 0 aliphatic rings. The van der Waals surface area contributed by atoms with E-state index in [1.165, 1.54) is 26.2 Å². The van der Waals surface area contributed by atoms with E-state index in [0.717, 1.165) is 0 Å². The molecule has 1 heterocycles. The van der Waals surface area contributed by atoms with Crippen LogP contribution in [-0.4, -0.2) is 41.1 Å². The Bertz CT molecular complexity index is 744. The van der Waals surface area contributed by atoms with Gasteiger partial charge in [-0.15, -0.1) is 5.10 Å². The molecule has 0 saturated heterocycles. The molecule has 2 aromatic rings. The predicted octanol–water partition coefficient (Wildman–Crippen LogP) is 2.24. The van der Waals surface area contributed by atoms with E-state index < -0.39 is 11.9 Å². The SMILES string of the molecule is CCOC(=O)c1n[nH]nc1-c1cc(Cl)c(OC(C)=O)c(OC)c1. The van der Waals surface area contributed by atoms with Crippen LogP contribution < -0.4 is 9.47 Å². The van der Waals surface area contributed by atoms with Gasteiger partial charge in [0.2, 0.25) is 0 Å². The van der Waals surface area contributed by atoms with Gasteiger partial charge < -0.3 is 14.2 Å². The Morgan fingerprint density at radius 3 is 2.65 bits per heavy atom. The Balaban J connectivity index is 2.50. The van der Waals surface area contributed by atoms with Crippen molar-refractivity contribution >= 4 is 23.5 Å². The van der Waals surface area contributed by atoms with E-state index in [4.69, 9.17) is 25.8 Å². The van der Waals surface area contributed by atoms with E-state index in [1.54, 1.807) is 6.92 Å². The molecule has 1 aromatic carbocycles. The molecule has 122 valence electrons. The fraction of sp³-hybridized carbons (Fsp3) is 0.286. The molecule has 9 heteroatoms. The summed E-state index contributed by atoms with van der Waals surface area (Å²) in [5.41, 5.74) is 0.725. The Morgan fingerprint density at radius 1 is 1.30 bits per heavy atom. The summed E-state index contributed by atoms with van der Waals surface area (Å²) in [5.74, 6) is -0.839. The number of carbonyl (C=O) groups is 2. The third-order valence-corrected chi connectivity index (χ3v) is 3.05. The van der Waals surface area contributed by atoms with Crippen molar-refractivity contribution in [1.29, 1.82) is 0 Å². The molecule has 0 amide bonds. The third-order valence-electron chi connectivity index (χ3n) is 2.77. The first-order valence-corrected chi connectivity index (χ1v) is 6.99. The number of hydrogen-bond acceptors (Lipinski definition) is 7. The smallest absolute Gasteiger partial charge is 0.361 e. The normalized spacial score (nSPS) is 10.3. The number of esters is 2. The minimum Gasteiger partial charge on any atom is -0.493 e. The van der Waals surface area contributed by atoms with E-state index in [2.05, 4.69) is 15.4 Å². The molecule has 2 rings (SSSR count). The van der Waals surface area contributed by atoms with E-state index in [9.17, 15) is 9.59 Å². The lowest BCUT2D eigenvalue weighted by atomic mass is 10.1. The van der Waals surface area contributed by atoms with Gasteiger partial charge in [-0.25, -0.2) is 4.79 Å². The Morgan fingerprint density at radius 2 is 2.04 bits per heavy atom. The Labute approximate surface area is 136 Å². The predicted molar refractivity (Wildman–Crippen MR) is 80.6 cm³/mol. The van der Waals surface area contributed by atoms with Crippen LogP contribution in [0.5, 0.6) is 11.5 Å². The van der Waals surface area contributed by atoms with Gasteiger partial charge in [0.15, 0.2) is 17.2 Å². The Hall–Kier alpha value is -2.61. The molecule has 0 fully saturated rings. The summed E-state index contributed by atoms with van der Waals surface area (Å²) in [5, 5.41) is 10.2. The molecule has 23 heavy (non-hydrogen) atoms. The van der Waals surface area contributed by atoms with Gasteiger partial charge >= 0.3 is 11.9 Å². The van der Waals surface area contributed by atoms with Crippen LogP contribution in [0.3, 0.4) is 0 Å². The third kappa shape index (κ3) is 3.59. The van der Waals surface area contributed by atoms with Crippen molar-refractivity contribution in [3.8, 4) is 22.8 Å². The van der Waals surface area contributed by atoms with Crippen molar-refractivity contribution in [3.05, 3.63) is 22.8 Å². The van der Waals surface area contributed by atoms with Gasteiger partial charge in [0, 0.05) is 12.5 Å². The summed E-state index contributed by atoms with van der Waals surface area (Å²) in [6.07, 6.45) is 0. The maximum absolute atomic E-state index is 11.9. The van der Waals surface area contributed by atoms with E-state index in [-0.39, 0.29) is 34.5 Å². The largest absolute Gasteiger partial charge is 0.493 e. The average Bonchev–Trinajstić information content (AvgIpc) is 2.98. The molecule has 0 radical (unpaired) electrons. The summed E-state index contributed by atoms with van der Waals surface area (Å²) in [6, 6.07) is 3.02. The van der Waals surface area contributed by atoms with Crippen molar-refractivity contribution < 1.29 is 23.8 Å². The molecule has 0 spiro atoms. The molecule has 1 N–H and O–H groups in total. The number of carbonyl (C=O) groups excluding carboxylic acids is 2. The highest BCUT2D eigenvalue weighted by Crippen LogP contribution is 2.39. The minimum absolute atomic E-state index is 0.0187. The topological polar surface area (TPSA) is 103 Å². The first-order chi connectivity index (χ1) is 11.0. The number of ether oxygens (including phenoxy) is 3. The van der Waals surface area contributed by atoms with Crippen LogP contribution in [0, 0.1) is 0 Å². The standard InChI is InChI=1S/C14H14ClN3O5/c1-4-22-14(20)12-11(16-18-17-12)8-5-9(15)13(23-7(2)19)10(6-8)21-3/h5-6H,4H2,1-3H3,(H,16,17,18). The molecule has 0 aliphatic carbocycles. The summed E-state index contributed by atoms with van der Waals surface area (Å²) >= 11 is 6.14. The number of aromatic amines is 1. The van der Waals surface area contributed by atoms with E-state index in [0.29, 0.717) is 5.56 Å².